The van der Waals surface area contributed by atoms with E-state index in [4.69, 9.17) is 11.6 Å². The molecule has 114 valence electrons. The number of fused-ring (bicyclic) bond motifs is 1. The van der Waals surface area contributed by atoms with Crippen LogP contribution in [0.1, 0.15) is 18.9 Å². The Morgan fingerprint density at radius 1 is 1.19 bits per heavy atom. The summed E-state index contributed by atoms with van der Waals surface area (Å²) in [7, 11) is 0. The molecule has 1 aromatic carbocycles. The van der Waals surface area contributed by atoms with Gasteiger partial charge in [-0.25, -0.2) is 0 Å². The molecule has 0 spiro atoms. The van der Waals surface area contributed by atoms with Crippen molar-refractivity contribution in [1.29, 1.82) is 0 Å². The molecule has 0 aliphatic carbocycles. The first-order valence-corrected chi connectivity index (χ1v) is 8.36. The van der Waals surface area contributed by atoms with E-state index in [0.717, 1.165) is 44.0 Å². The maximum atomic E-state index is 6.17. The molecule has 1 saturated heterocycles. The lowest BCUT2D eigenvalue weighted by Crippen LogP contribution is -2.44. The predicted molar refractivity (Wildman–Crippen MR) is 90.3 cm³/mol. The lowest BCUT2D eigenvalue weighted by atomic mass is 10.1. The third-order valence-corrected chi connectivity index (χ3v) is 4.53. The lowest BCUT2D eigenvalue weighted by Gasteiger charge is -2.26. The molecule has 0 saturated carbocycles. The van der Waals surface area contributed by atoms with Crippen LogP contribution < -0.4 is 5.32 Å². The largest absolute Gasteiger partial charge is 0.347 e. The van der Waals surface area contributed by atoms with E-state index in [-0.39, 0.29) is 0 Å². The third-order valence-electron chi connectivity index (χ3n) is 4.30. The SMILES string of the molecule is CCCn1cc(CCN2CCNCC2)c2ccc(Cl)cc21. The summed E-state index contributed by atoms with van der Waals surface area (Å²) < 4.78 is 2.36. The summed E-state index contributed by atoms with van der Waals surface area (Å²) in [6, 6.07) is 6.28. The van der Waals surface area contributed by atoms with Gasteiger partial charge >= 0.3 is 0 Å². The summed E-state index contributed by atoms with van der Waals surface area (Å²) in [6.45, 7) is 9.00. The van der Waals surface area contributed by atoms with Crippen LogP contribution in [0.4, 0.5) is 0 Å². The van der Waals surface area contributed by atoms with Crippen molar-refractivity contribution in [1.82, 2.24) is 14.8 Å². The van der Waals surface area contributed by atoms with Crippen LogP contribution in [0.15, 0.2) is 24.4 Å². The molecule has 3 rings (SSSR count). The topological polar surface area (TPSA) is 20.2 Å². The van der Waals surface area contributed by atoms with Crippen molar-refractivity contribution >= 4 is 22.5 Å². The number of nitrogens with one attached hydrogen (secondary N) is 1. The third kappa shape index (κ3) is 3.42. The predicted octanol–water partition coefficient (Wildman–Crippen LogP) is 3.15. The monoisotopic (exact) mass is 305 g/mol. The first kappa shape index (κ1) is 14.9. The van der Waals surface area contributed by atoms with Crippen LogP contribution in [0.3, 0.4) is 0 Å². The fourth-order valence-corrected chi connectivity index (χ4v) is 3.35. The highest BCUT2D eigenvalue weighted by molar-refractivity contribution is 6.31. The second-order valence-corrected chi connectivity index (χ2v) is 6.29. The quantitative estimate of drug-likeness (QED) is 0.916. The molecule has 1 fully saturated rings. The van der Waals surface area contributed by atoms with Gasteiger partial charge in [0.25, 0.3) is 0 Å². The standard InChI is InChI=1S/C17H24ClN3/c1-2-8-21-13-14(5-9-20-10-6-19-7-11-20)16-4-3-15(18)12-17(16)21/h3-4,12-13,19H,2,5-11H2,1H3. The Hall–Kier alpha value is -1.03. The zero-order valence-electron chi connectivity index (χ0n) is 12.7. The molecule has 2 heterocycles. The summed E-state index contributed by atoms with van der Waals surface area (Å²) in [5.41, 5.74) is 2.73. The molecule has 2 aromatic rings. The maximum absolute atomic E-state index is 6.17. The van der Waals surface area contributed by atoms with Crippen molar-refractivity contribution in [3.05, 3.63) is 35.0 Å². The van der Waals surface area contributed by atoms with E-state index in [1.165, 1.54) is 29.6 Å². The first-order valence-electron chi connectivity index (χ1n) is 7.98. The number of aromatic nitrogens is 1. The molecule has 0 unspecified atom stereocenters. The van der Waals surface area contributed by atoms with Gasteiger partial charge in [0, 0.05) is 61.4 Å². The van der Waals surface area contributed by atoms with E-state index < -0.39 is 0 Å². The first-order chi connectivity index (χ1) is 10.3. The molecule has 0 amide bonds. The van der Waals surface area contributed by atoms with Gasteiger partial charge in [-0.05, 0) is 30.5 Å². The van der Waals surface area contributed by atoms with Gasteiger partial charge in [0.05, 0.1) is 0 Å². The van der Waals surface area contributed by atoms with E-state index in [1.807, 2.05) is 6.07 Å². The second-order valence-electron chi connectivity index (χ2n) is 5.85. The molecule has 0 radical (unpaired) electrons. The summed E-state index contributed by atoms with van der Waals surface area (Å²) in [5, 5.41) is 5.60. The summed E-state index contributed by atoms with van der Waals surface area (Å²) >= 11 is 6.17. The number of hydrogen-bond donors (Lipinski definition) is 1. The lowest BCUT2D eigenvalue weighted by molar-refractivity contribution is 0.244. The number of benzene rings is 1. The van der Waals surface area contributed by atoms with Crippen molar-refractivity contribution in [3.63, 3.8) is 0 Å². The number of aryl methyl sites for hydroxylation is 1. The maximum Gasteiger partial charge on any atom is 0.0498 e. The van der Waals surface area contributed by atoms with Crippen molar-refractivity contribution in [3.8, 4) is 0 Å². The average molecular weight is 306 g/mol. The number of rotatable bonds is 5. The van der Waals surface area contributed by atoms with Crippen LogP contribution in [0.2, 0.25) is 5.02 Å². The molecule has 1 aromatic heterocycles. The molecular formula is C17H24ClN3. The van der Waals surface area contributed by atoms with Gasteiger partial charge in [0.2, 0.25) is 0 Å². The molecule has 1 aliphatic heterocycles. The molecular weight excluding hydrogens is 282 g/mol. The van der Waals surface area contributed by atoms with Crippen LogP contribution in [0, 0.1) is 0 Å². The van der Waals surface area contributed by atoms with Gasteiger partial charge in [-0.15, -0.1) is 0 Å². The summed E-state index contributed by atoms with van der Waals surface area (Å²) in [4.78, 5) is 2.55. The molecule has 21 heavy (non-hydrogen) atoms. The second kappa shape index (κ2) is 6.82. The Kier molecular flexibility index (Phi) is 4.84. The molecule has 4 heteroatoms. The fourth-order valence-electron chi connectivity index (χ4n) is 3.18. The molecule has 0 bridgehead atoms. The minimum Gasteiger partial charge on any atom is -0.347 e. The zero-order valence-corrected chi connectivity index (χ0v) is 13.5. The normalized spacial score (nSPS) is 16.7. The Balaban J connectivity index is 1.80. The Morgan fingerprint density at radius 3 is 2.76 bits per heavy atom. The highest BCUT2D eigenvalue weighted by Crippen LogP contribution is 2.25. The van der Waals surface area contributed by atoms with Gasteiger partial charge < -0.3 is 14.8 Å². The van der Waals surface area contributed by atoms with Crippen LogP contribution in [-0.2, 0) is 13.0 Å². The van der Waals surface area contributed by atoms with Gasteiger partial charge in [-0.1, -0.05) is 24.6 Å². The van der Waals surface area contributed by atoms with Gasteiger partial charge in [-0.2, -0.15) is 0 Å². The average Bonchev–Trinajstić information content (AvgIpc) is 2.84. The number of halogens is 1. The van der Waals surface area contributed by atoms with E-state index >= 15 is 0 Å². The minimum absolute atomic E-state index is 0.826. The molecule has 1 N–H and O–H groups in total. The molecule has 3 nitrogen and oxygen atoms in total. The van der Waals surface area contributed by atoms with E-state index in [1.54, 1.807) is 0 Å². The van der Waals surface area contributed by atoms with Gasteiger partial charge in [0.1, 0.15) is 0 Å². The van der Waals surface area contributed by atoms with E-state index in [0.29, 0.717) is 0 Å². The number of hydrogen-bond acceptors (Lipinski definition) is 2. The highest BCUT2D eigenvalue weighted by Gasteiger charge is 2.12. The zero-order chi connectivity index (χ0) is 14.7. The van der Waals surface area contributed by atoms with Gasteiger partial charge in [-0.3, -0.25) is 0 Å². The van der Waals surface area contributed by atoms with Crippen molar-refractivity contribution in [2.75, 3.05) is 32.7 Å². The number of nitrogens with zero attached hydrogens (tertiary/aromatic N) is 2. The molecule has 0 atom stereocenters. The summed E-state index contributed by atoms with van der Waals surface area (Å²) in [6.07, 6.45) is 4.59. The van der Waals surface area contributed by atoms with Crippen molar-refractivity contribution in [2.45, 2.75) is 26.3 Å². The van der Waals surface area contributed by atoms with Crippen molar-refractivity contribution in [2.24, 2.45) is 0 Å². The fraction of sp³-hybridized carbons (Fsp3) is 0.529. The Labute approximate surface area is 131 Å². The Bertz CT molecular complexity index is 599. The van der Waals surface area contributed by atoms with Crippen LogP contribution in [-0.4, -0.2) is 42.2 Å². The van der Waals surface area contributed by atoms with Crippen LogP contribution in [0.25, 0.3) is 10.9 Å². The van der Waals surface area contributed by atoms with Crippen molar-refractivity contribution < 1.29 is 0 Å². The highest BCUT2D eigenvalue weighted by atomic mass is 35.5. The summed E-state index contributed by atoms with van der Waals surface area (Å²) in [5.74, 6) is 0. The van der Waals surface area contributed by atoms with Crippen LogP contribution >= 0.6 is 11.6 Å². The van der Waals surface area contributed by atoms with Gasteiger partial charge in [0.15, 0.2) is 0 Å². The number of piperazine rings is 1. The Morgan fingerprint density at radius 2 is 2.00 bits per heavy atom. The smallest absolute Gasteiger partial charge is 0.0498 e. The van der Waals surface area contributed by atoms with Crippen LogP contribution in [0.5, 0.6) is 0 Å². The molecule has 1 aliphatic rings. The van der Waals surface area contributed by atoms with E-state index in [2.05, 4.69) is 40.0 Å². The van der Waals surface area contributed by atoms with E-state index in [9.17, 15) is 0 Å². The minimum atomic E-state index is 0.826.